The number of benzene rings is 9. The van der Waals surface area contributed by atoms with Crippen LogP contribution in [0.1, 0.15) is 0 Å². The standard InChI is InChI=1S/C52H32N4/c1-2-8-41-31-42(25-16-33(41)7-1)34-14-21-39(22-15-34)50-54-51(56-52(55-50)47-13-4-3-12-44(47)43-11-6-30-53-32-43)40-23-17-35(18-24-40)45-28-26-38-20-19-36-9-5-10-37-27-29-46(45)49(38)48(36)37/h1-32H. The Morgan fingerprint density at radius 2 is 0.839 bits per heavy atom. The molecule has 2 aromatic heterocycles. The third kappa shape index (κ3) is 5.47. The molecule has 9 aromatic carbocycles. The lowest BCUT2D eigenvalue weighted by molar-refractivity contribution is 1.07. The summed E-state index contributed by atoms with van der Waals surface area (Å²) in [6.07, 6.45) is 3.67. The average Bonchev–Trinajstić information content (AvgIpc) is 3.28. The Morgan fingerprint density at radius 3 is 1.57 bits per heavy atom. The van der Waals surface area contributed by atoms with E-state index in [2.05, 4.69) is 169 Å². The van der Waals surface area contributed by atoms with Gasteiger partial charge in [-0.1, -0.05) is 170 Å². The molecule has 0 saturated carbocycles. The monoisotopic (exact) mass is 712 g/mol. The van der Waals surface area contributed by atoms with Gasteiger partial charge in [0.2, 0.25) is 0 Å². The first-order valence-corrected chi connectivity index (χ1v) is 18.9. The zero-order valence-electron chi connectivity index (χ0n) is 30.3. The molecule has 4 nitrogen and oxygen atoms in total. The zero-order valence-corrected chi connectivity index (χ0v) is 30.3. The van der Waals surface area contributed by atoms with Crippen molar-refractivity contribution in [1.82, 2.24) is 19.9 Å². The molecule has 0 amide bonds. The number of nitrogens with zero attached hydrogens (tertiary/aromatic N) is 4. The molecule has 0 aliphatic rings. The van der Waals surface area contributed by atoms with Crippen LogP contribution in [-0.4, -0.2) is 19.9 Å². The second-order valence-electron chi connectivity index (χ2n) is 14.3. The van der Waals surface area contributed by atoms with Crippen molar-refractivity contribution in [1.29, 1.82) is 0 Å². The first-order valence-electron chi connectivity index (χ1n) is 18.9. The van der Waals surface area contributed by atoms with E-state index in [1.165, 1.54) is 54.2 Å². The highest BCUT2D eigenvalue weighted by Crippen LogP contribution is 2.40. The Kier molecular flexibility index (Phi) is 7.46. The Balaban J connectivity index is 1.02. The summed E-state index contributed by atoms with van der Waals surface area (Å²) in [6.45, 7) is 0. The molecule has 0 aliphatic heterocycles. The van der Waals surface area contributed by atoms with Gasteiger partial charge < -0.3 is 0 Å². The minimum absolute atomic E-state index is 0.610. The fourth-order valence-corrected chi connectivity index (χ4v) is 8.17. The van der Waals surface area contributed by atoms with Crippen LogP contribution >= 0.6 is 0 Å². The molecule has 0 atom stereocenters. The molecule has 0 saturated heterocycles. The fraction of sp³-hybridized carbons (Fsp3) is 0. The largest absolute Gasteiger partial charge is 0.264 e. The summed E-state index contributed by atoms with van der Waals surface area (Å²) in [5.41, 5.74) is 9.43. The molecule has 11 rings (SSSR count). The molecule has 0 radical (unpaired) electrons. The smallest absolute Gasteiger partial charge is 0.164 e. The highest BCUT2D eigenvalue weighted by molar-refractivity contribution is 6.25. The van der Waals surface area contributed by atoms with Gasteiger partial charge in [0.15, 0.2) is 17.5 Å². The summed E-state index contributed by atoms with van der Waals surface area (Å²) in [6, 6.07) is 64.5. The topological polar surface area (TPSA) is 51.6 Å². The third-order valence-electron chi connectivity index (χ3n) is 11.0. The number of pyridine rings is 1. The first kappa shape index (κ1) is 31.9. The van der Waals surface area contributed by atoms with Gasteiger partial charge in [0, 0.05) is 34.6 Å². The van der Waals surface area contributed by atoms with Crippen LogP contribution in [0.15, 0.2) is 194 Å². The molecule has 260 valence electrons. The van der Waals surface area contributed by atoms with Crippen LogP contribution in [-0.2, 0) is 0 Å². The molecule has 4 heteroatoms. The van der Waals surface area contributed by atoms with E-state index in [1.54, 1.807) is 6.20 Å². The van der Waals surface area contributed by atoms with Gasteiger partial charge in [-0.2, -0.15) is 0 Å². The molecule has 11 aromatic rings. The van der Waals surface area contributed by atoms with Gasteiger partial charge in [0.05, 0.1) is 0 Å². The minimum atomic E-state index is 0.610. The predicted octanol–water partition coefficient (Wildman–Crippen LogP) is 13.3. The SMILES string of the molecule is c1cncc(-c2ccccc2-c2nc(-c3ccc(-c4ccc5ccccc5c4)cc3)nc(-c3ccc(-c4ccc5ccc6cccc7ccc4c5c67)cc3)n2)c1. The highest BCUT2D eigenvalue weighted by atomic mass is 15.0. The Hall–Kier alpha value is -7.56. The van der Waals surface area contributed by atoms with Crippen molar-refractivity contribution in [3.05, 3.63) is 194 Å². The maximum absolute atomic E-state index is 5.14. The van der Waals surface area contributed by atoms with Crippen molar-refractivity contribution in [2.24, 2.45) is 0 Å². The van der Waals surface area contributed by atoms with Crippen molar-refractivity contribution in [2.45, 2.75) is 0 Å². The first-order chi connectivity index (χ1) is 27.7. The maximum atomic E-state index is 5.14. The lowest BCUT2D eigenvalue weighted by atomic mass is 9.90. The van der Waals surface area contributed by atoms with Crippen LogP contribution in [0, 0.1) is 0 Å². The number of aromatic nitrogens is 4. The van der Waals surface area contributed by atoms with Crippen molar-refractivity contribution in [2.75, 3.05) is 0 Å². The van der Waals surface area contributed by atoms with Crippen molar-refractivity contribution >= 4 is 43.1 Å². The molecular formula is C52H32N4. The van der Waals surface area contributed by atoms with Crippen LogP contribution < -0.4 is 0 Å². The summed E-state index contributed by atoms with van der Waals surface area (Å²) < 4.78 is 0. The van der Waals surface area contributed by atoms with E-state index in [9.17, 15) is 0 Å². The van der Waals surface area contributed by atoms with Gasteiger partial charge in [0.1, 0.15) is 0 Å². The Bertz CT molecular complexity index is 3210. The molecule has 0 spiro atoms. The van der Waals surface area contributed by atoms with Gasteiger partial charge in [0.25, 0.3) is 0 Å². The van der Waals surface area contributed by atoms with E-state index >= 15 is 0 Å². The van der Waals surface area contributed by atoms with Crippen LogP contribution in [0.3, 0.4) is 0 Å². The van der Waals surface area contributed by atoms with Gasteiger partial charge >= 0.3 is 0 Å². The zero-order chi connectivity index (χ0) is 37.0. The number of rotatable bonds is 6. The Morgan fingerprint density at radius 1 is 0.286 bits per heavy atom. The lowest BCUT2D eigenvalue weighted by Crippen LogP contribution is -2.01. The summed E-state index contributed by atoms with van der Waals surface area (Å²) in [4.78, 5) is 19.8. The minimum Gasteiger partial charge on any atom is -0.264 e. The summed E-state index contributed by atoms with van der Waals surface area (Å²) >= 11 is 0. The van der Waals surface area contributed by atoms with Crippen molar-refractivity contribution in [3.63, 3.8) is 0 Å². The molecule has 2 heterocycles. The molecule has 0 fully saturated rings. The normalized spacial score (nSPS) is 11.6. The molecule has 0 bridgehead atoms. The second kappa shape index (κ2) is 13.1. The van der Waals surface area contributed by atoms with E-state index in [4.69, 9.17) is 15.0 Å². The van der Waals surface area contributed by atoms with Gasteiger partial charge in [-0.25, -0.2) is 15.0 Å². The van der Waals surface area contributed by atoms with Crippen LogP contribution in [0.2, 0.25) is 0 Å². The van der Waals surface area contributed by atoms with Gasteiger partial charge in [-0.3, -0.25) is 4.98 Å². The fourth-order valence-electron chi connectivity index (χ4n) is 8.17. The number of fused-ring (bicyclic) bond motifs is 1. The molecule has 0 unspecified atom stereocenters. The van der Waals surface area contributed by atoms with E-state index in [-0.39, 0.29) is 0 Å². The number of hydrogen-bond acceptors (Lipinski definition) is 4. The second-order valence-corrected chi connectivity index (χ2v) is 14.3. The molecule has 56 heavy (non-hydrogen) atoms. The van der Waals surface area contributed by atoms with Crippen molar-refractivity contribution in [3.8, 4) is 67.5 Å². The lowest BCUT2D eigenvalue weighted by Gasteiger charge is -2.14. The highest BCUT2D eigenvalue weighted by Gasteiger charge is 2.17. The molecular weight excluding hydrogens is 681 g/mol. The maximum Gasteiger partial charge on any atom is 0.164 e. The van der Waals surface area contributed by atoms with Gasteiger partial charge in [-0.15, -0.1) is 0 Å². The average molecular weight is 713 g/mol. The molecule has 0 aliphatic carbocycles. The van der Waals surface area contributed by atoms with E-state index in [0.29, 0.717) is 17.5 Å². The Labute approximate surface area is 323 Å². The summed E-state index contributed by atoms with van der Waals surface area (Å²) in [5.74, 6) is 1.84. The summed E-state index contributed by atoms with van der Waals surface area (Å²) in [7, 11) is 0. The van der Waals surface area contributed by atoms with Crippen molar-refractivity contribution < 1.29 is 0 Å². The quantitative estimate of drug-likeness (QED) is 0.161. The predicted molar refractivity (Wildman–Crippen MR) is 231 cm³/mol. The van der Waals surface area contributed by atoms with Gasteiger partial charge in [-0.05, 0) is 83.0 Å². The van der Waals surface area contributed by atoms with E-state index < -0.39 is 0 Å². The molecule has 0 N–H and O–H groups in total. The van der Waals surface area contributed by atoms with Crippen LogP contribution in [0.5, 0.6) is 0 Å². The number of hydrogen-bond donors (Lipinski definition) is 0. The third-order valence-corrected chi connectivity index (χ3v) is 11.0. The van der Waals surface area contributed by atoms with E-state index in [0.717, 1.165) is 38.9 Å². The van der Waals surface area contributed by atoms with Crippen LogP contribution in [0.25, 0.3) is 111 Å². The van der Waals surface area contributed by atoms with Crippen LogP contribution in [0.4, 0.5) is 0 Å². The van der Waals surface area contributed by atoms with E-state index in [1.807, 2.05) is 24.4 Å². The summed E-state index contributed by atoms with van der Waals surface area (Å²) in [5, 5.41) is 10.1.